The van der Waals surface area contributed by atoms with E-state index in [1.54, 1.807) is 0 Å². The average Bonchev–Trinajstić information content (AvgIpc) is 2.65. The van der Waals surface area contributed by atoms with Gasteiger partial charge in [-0.15, -0.1) is 0 Å². The number of unbranched alkanes of at least 4 members (excludes halogenated alkanes) is 1. The molecule has 0 saturated carbocycles. The minimum absolute atomic E-state index is 0.496. The van der Waals surface area contributed by atoms with Crippen LogP contribution in [-0.2, 0) is 10.2 Å². The summed E-state index contributed by atoms with van der Waals surface area (Å²) in [4.78, 5) is 0. The SMILES string of the molecule is NCCCCNS(=O)(=O)N1CCCC1. The van der Waals surface area contributed by atoms with Crippen LogP contribution in [-0.4, -0.2) is 38.9 Å². The van der Waals surface area contributed by atoms with Crippen molar-refractivity contribution in [2.45, 2.75) is 25.7 Å². The number of rotatable bonds is 6. The second kappa shape index (κ2) is 5.65. The smallest absolute Gasteiger partial charge is 0.279 e. The zero-order valence-electron chi connectivity index (χ0n) is 8.41. The van der Waals surface area contributed by atoms with E-state index in [0.29, 0.717) is 26.2 Å². The van der Waals surface area contributed by atoms with Crippen LogP contribution in [0.25, 0.3) is 0 Å². The van der Waals surface area contributed by atoms with E-state index < -0.39 is 10.2 Å². The second-order valence-electron chi connectivity index (χ2n) is 3.50. The Labute approximate surface area is 85.8 Å². The Morgan fingerprint density at radius 1 is 1.21 bits per heavy atom. The van der Waals surface area contributed by atoms with Crippen LogP contribution in [0.5, 0.6) is 0 Å². The maximum atomic E-state index is 11.6. The first kappa shape index (κ1) is 11.9. The van der Waals surface area contributed by atoms with Crippen molar-refractivity contribution in [2.24, 2.45) is 5.73 Å². The Balaban J connectivity index is 2.26. The Morgan fingerprint density at radius 3 is 2.43 bits per heavy atom. The maximum absolute atomic E-state index is 11.6. The van der Waals surface area contributed by atoms with Gasteiger partial charge in [-0.2, -0.15) is 12.7 Å². The van der Waals surface area contributed by atoms with Crippen LogP contribution < -0.4 is 10.5 Å². The highest BCUT2D eigenvalue weighted by Gasteiger charge is 2.24. The fraction of sp³-hybridized carbons (Fsp3) is 1.00. The summed E-state index contributed by atoms with van der Waals surface area (Å²) in [6, 6.07) is 0. The molecule has 3 N–H and O–H groups in total. The average molecular weight is 221 g/mol. The molecule has 6 heteroatoms. The number of nitrogens with one attached hydrogen (secondary N) is 1. The third-order valence-corrected chi connectivity index (χ3v) is 3.93. The Hall–Kier alpha value is -0.170. The van der Waals surface area contributed by atoms with Crippen molar-refractivity contribution in [1.29, 1.82) is 0 Å². The summed E-state index contributed by atoms with van der Waals surface area (Å²) < 4.78 is 27.2. The summed E-state index contributed by atoms with van der Waals surface area (Å²) in [6.07, 6.45) is 3.62. The summed E-state index contributed by atoms with van der Waals surface area (Å²) in [5.74, 6) is 0. The predicted octanol–water partition coefficient (Wildman–Crippen LogP) is -0.344. The molecule has 1 aliphatic rings. The zero-order chi connectivity index (χ0) is 10.4. The topological polar surface area (TPSA) is 75.4 Å². The Morgan fingerprint density at radius 2 is 1.86 bits per heavy atom. The molecule has 1 saturated heterocycles. The van der Waals surface area contributed by atoms with Gasteiger partial charge in [0.1, 0.15) is 0 Å². The molecule has 1 heterocycles. The van der Waals surface area contributed by atoms with E-state index in [2.05, 4.69) is 4.72 Å². The summed E-state index contributed by atoms with van der Waals surface area (Å²) in [6.45, 7) is 2.43. The van der Waals surface area contributed by atoms with Gasteiger partial charge in [-0.3, -0.25) is 0 Å². The van der Waals surface area contributed by atoms with Gasteiger partial charge in [0, 0.05) is 19.6 Å². The molecule has 1 fully saturated rings. The van der Waals surface area contributed by atoms with Gasteiger partial charge < -0.3 is 5.73 Å². The quantitative estimate of drug-likeness (QED) is 0.602. The molecule has 0 bridgehead atoms. The van der Waals surface area contributed by atoms with Crippen LogP contribution in [0, 0.1) is 0 Å². The van der Waals surface area contributed by atoms with E-state index >= 15 is 0 Å². The molecule has 5 nitrogen and oxygen atoms in total. The molecule has 0 aromatic rings. The highest BCUT2D eigenvalue weighted by molar-refractivity contribution is 7.87. The van der Waals surface area contributed by atoms with Gasteiger partial charge in [0.05, 0.1) is 0 Å². The summed E-state index contributed by atoms with van der Waals surface area (Å²) >= 11 is 0. The Bertz CT molecular complexity index is 247. The first-order valence-electron chi connectivity index (χ1n) is 5.11. The Kier molecular flexibility index (Phi) is 4.80. The van der Waals surface area contributed by atoms with E-state index in [1.807, 2.05) is 0 Å². The molecule has 0 aromatic carbocycles. The highest BCUT2D eigenvalue weighted by Crippen LogP contribution is 2.10. The molecule has 0 aliphatic carbocycles. The third kappa shape index (κ3) is 3.53. The van der Waals surface area contributed by atoms with Crippen molar-refractivity contribution in [2.75, 3.05) is 26.2 Å². The van der Waals surface area contributed by atoms with Crippen LogP contribution >= 0.6 is 0 Å². The number of hydrogen-bond donors (Lipinski definition) is 2. The van der Waals surface area contributed by atoms with E-state index in [0.717, 1.165) is 25.7 Å². The molecular weight excluding hydrogens is 202 g/mol. The molecule has 84 valence electrons. The van der Waals surface area contributed by atoms with Crippen LogP contribution in [0.3, 0.4) is 0 Å². The lowest BCUT2D eigenvalue weighted by Gasteiger charge is -2.15. The lowest BCUT2D eigenvalue weighted by molar-refractivity contribution is 0.463. The van der Waals surface area contributed by atoms with Gasteiger partial charge >= 0.3 is 0 Å². The fourth-order valence-corrected chi connectivity index (χ4v) is 2.81. The van der Waals surface area contributed by atoms with Crippen molar-refractivity contribution < 1.29 is 8.42 Å². The van der Waals surface area contributed by atoms with Crippen LogP contribution in [0.15, 0.2) is 0 Å². The monoisotopic (exact) mass is 221 g/mol. The molecule has 0 radical (unpaired) electrons. The minimum Gasteiger partial charge on any atom is -0.330 e. The molecule has 1 aliphatic heterocycles. The second-order valence-corrected chi connectivity index (χ2v) is 5.26. The molecule has 0 unspecified atom stereocenters. The summed E-state index contributed by atoms with van der Waals surface area (Å²) in [5, 5.41) is 0. The van der Waals surface area contributed by atoms with Gasteiger partial charge in [0.2, 0.25) is 0 Å². The van der Waals surface area contributed by atoms with Crippen molar-refractivity contribution >= 4 is 10.2 Å². The first-order valence-corrected chi connectivity index (χ1v) is 6.55. The van der Waals surface area contributed by atoms with Crippen molar-refractivity contribution in [1.82, 2.24) is 9.03 Å². The molecule has 0 amide bonds. The van der Waals surface area contributed by atoms with E-state index in [4.69, 9.17) is 5.73 Å². The van der Waals surface area contributed by atoms with Gasteiger partial charge in [-0.05, 0) is 32.2 Å². The van der Waals surface area contributed by atoms with Gasteiger partial charge in [0.25, 0.3) is 10.2 Å². The van der Waals surface area contributed by atoms with Crippen LogP contribution in [0.4, 0.5) is 0 Å². The van der Waals surface area contributed by atoms with E-state index in [9.17, 15) is 8.42 Å². The van der Waals surface area contributed by atoms with Gasteiger partial charge in [-0.25, -0.2) is 4.72 Å². The number of nitrogens with zero attached hydrogens (tertiary/aromatic N) is 1. The standard InChI is InChI=1S/C8H19N3O2S/c9-5-1-2-6-10-14(12,13)11-7-3-4-8-11/h10H,1-9H2. The van der Waals surface area contributed by atoms with Crippen molar-refractivity contribution in [3.63, 3.8) is 0 Å². The molecule has 14 heavy (non-hydrogen) atoms. The van der Waals surface area contributed by atoms with Crippen molar-refractivity contribution in [3.8, 4) is 0 Å². The molecule has 0 spiro atoms. The maximum Gasteiger partial charge on any atom is 0.279 e. The minimum atomic E-state index is -3.20. The molecule has 1 rings (SSSR count). The fourth-order valence-electron chi connectivity index (χ4n) is 1.49. The van der Waals surface area contributed by atoms with E-state index in [1.165, 1.54) is 4.31 Å². The molecule has 0 aromatic heterocycles. The highest BCUT2D eigenvalue weighted by atomic mass is 32.2. The lowest BCUT2D eigenvalue weighted by Crippen LogP contribution is -2.39. The normalized spacial score (nSPS) is 18.9. The first-order chi connectivity index (χ1) is 6.67. The summed E-state index contributed by atoms with van der Waals surface area (Å²) in [5.41, 5.74) is 5.31. The van der Waals surface area contributed by atoms with Gasteiger partial charge in [-0.1, -0.05) is 0 Å². The third-order valence-electron chi connectivity index (χ3n) is 2.32. The van der Waals surface area contributed by atoms with Crippen LogP contribution in [0.1, 0.15) is 25.7 Å². The molecule has 0 atom stereocenters. The molecular formula is C8H19N3O2S. The summed E-state index contributed by atoms with van der Waals surface area (Å²) in [7, 11) is -3.20. The predicted molar refractivity (Wildman–Crippen MR) is 56.0 cm³/mol. The number of hydrogen-bond acceptors (Lipinski definition) is 3. The van der Waals surface area contributed by atoms with E-state index in [-0.39, 0.29) is 0 Å². The van der Waals surface area contributed by atoms with Gasteiger partial charge in [0.15, 0.2) is 0 Å². The lowest BCUT2D eigenvalue weighted by atomic mass is 10.3. The largest absolute Gasteiger partial charge is 0.330 e. The zero-order valence-corrected chi connectivity index (χ0v) is 9.22. The number of nitrogens with two attached hydrogens (primary N) is 1. The van der Waals surface area contributed by atoms with Crippen molar-refractivity contribution in [3.05, 3.63) is 0 Å². The van der Waals surface area contributed by atoms with Crippen LogP contribution in [0.2, 0.25) is 0 Å².